The highest BCUT2D eigenvalue weighted by molar-refractivity contribution is 5.93. The molecule has 1 N–H and O–H groups in total. The molecule has 0 aromatic carbocycles. The van der Waals surface area contributed by atoms with Crippen molar-refractivity contribution in [3.63, 3.8) is 0 Å². The quantitative estimate of drug-likeness (QED) is 0.774. The average molecular weight is 452 g/mol. The summed E-state index contributed by atoms with van der Waals surface area (Å²) >= 11 is 0. The van der Waals surface area contributed by atoms with Gasteiger partial charge in [-0.05, 0) is 49.1 Å². The summed E-state index contributed by atoms with van der Waals surface area (Å²) in [5, 5.41) is 7.61. The van der Waals surface area contributed by atoms with Crippen LogP contribution in [-0.2, 0) is 18.9 Å². The van der Waals surface area contributed by atoms with Crippen LogP contribution >= 0.6 is 0 Å². The van der Waals surface area contributed by atoms with Gasteiger partial charge in [0.2, 0.25) is 0 Å². The number of furan rings is 1. The van der Waals surface area contributed by atoms with Crippen molar-refractivity contribution in [2.75, 3.05) is 26.2 Å². The van der Waals surface area contributed by atoms with Gasteiger partial charge in [-0.2, -0.15) is 5.10 Å². The fraction of sp³-hybridized carbons (Fsp3) is 0.600. The molecule has 0 bridgehead atoms. The van der Waals surface area contributed by atoms with Crippen LogP contribution in [0.4, 0.5) is 0 Å². The lowest BCUT2D eigenvalue weighted by molar-refractivity contribution is 0.0657. The Hall–Kier alpha value is -2.90. The van der Waals surface area contributed by atoms with E-state index in [1.165, 1.54) is 0 Å². The number of aromatic nitrogens is 2. The summed E-state index contributed by atoms with van der Waals surface area (Å²) in [5.74, 6) is 1.45. The van der Waals surface area contributed by atoms with E-state index in [1.807, 2.05) is 24.1 Å². The van der Waals surface area contributed by atoms with Crippen molar-refractivity contribution in [2.45, 2.75) is 51.9 Å². The highest BCUT2D eigenvalue weighted by Crippen LogP contribution is 2.59. The van der Waals surface area contributed by atoms with Crippen LogP contribution in [-0.4, -0.2) is 58.9 Å². The third-order valence-corrected chi connectivity index (χ3v) is 7.57. The number of piperidine rings is 1. The van der Waals surface area contributed by atoms with Crippen LogP contribution in [0.2, 0.25) is 0 Å². The maximum Gasteiger partial charge on any atom is 0.287 e. The van der Waals surface area contributed by atoms with Crippen molar-refractivity contribution < 1.29 is 14.0 Å². The average Bonchev–Trinajstić information content (AvgIpc) is 3.12. The van der Waals surface area contributed by atoms with Gasteiger partial charge in [0, 0.05) is 44.2 Å². The number of aliphatic imine (C=N–C) groups is 1. The van der Waals surface area contributed by atoms with Gasteiger partial charge in [-0.25, -0.2) is 0 Å². The van der Waals surface area contributed by atoms with E-state index >= 15 is 0 Å². The molecule has 1 unspecified atom stereocenters. The first-order chi connectivity index (χ1) is 15.7. The molecule has 2 aromatic rings. The summed E-state index contributed by atoms with van der Waals surface area (Å²) in [4.78, 5) is 31.8. The lowest BCUT2D eigenvalue weighted by Crippen LogP contribution is -2.41. The normalized spacial score (nSPS) is 21.2. The van der Waals surface area contributed by atoms with Gasteiger partial charge in [0.05, 0.1) is 11.9 Å². The molecule has 1 saturated heterocycles. The smallest absolute Gasteiger partial charge is 0.287 e. The molecule has 0 radical (unpaired) electrons. The van der Waals surface area contributed by atoms with Crippen molar-refractivity contribution in [3.05, 3.63) is 40.6 Å². The Morgan fingerprint density at radius 1 is 1.24 bits per heavy atom. The lowest BCUT2D eigenvalue weighted by Gasteiger charge is -2.33. The molecule has 2 fully saturated rings. The summed E-state index contributed by atoms with van der Waals surface area (Å²) in [7, 11) is 1.84. The van der Waals surface area contributed by atoms with Crippen LogP contribution in [0.25, 0.3) is 0 Å². The van der Waals surface area contributed by atoms with Crippen molar-refractivity contribution in [2.24, 2.45) is 23.4 Å². The van der Waals surface area contributed by atoms with Gasteiger partial charge in [0.15, 0.2) is 5.76 Å². The zero-order valence-corrected chi connectivity index (χ0v) is 20.0. The number of nitrogens with one attached hydrogen (secondary N) is 1. The monoisotopic (exact) mass is 451 g/mol. The number of carbonyl (C=O) groups excluding carboxylic acids is 2. The third-order valence-electron chi connectivity index (χ3n) is 7.57. The molecule has 1 atom stereocenters. The van der Waals surface area contributed by atoms with Gasteiger partial charge in [0.1, 0.15) is 11.5 Å². The molecule has 2 amide bonds. The Labute approximate surface area is 194 Å². The van der Waals surface area contributed by atoms with E-state index in [0.717, 1.165) is 56.6 Å². The second-order valence-corrected chi connectivity index (χ2v) is 10.8. The number of likely N-dealkylation sites (tertiary alicyclic amines) is 1. The minimum atomic E-state index is -0.154. The minimum Gasteiger partial charge on any atom is -0.450 e. The minimum absolute atomic E-state index is 0.0613. The van der Waals surface area contributed by atoms with Gasteiger partial charge >= 0.3 is 0 Å². The van der Waals surface area contributed by atoms with Gasteiger partial charge in [-0.3, -0.25) is 19.3 Å². The summed E-state index contributed by atoms with van der Waals surface area (Å²) in [6.45, 7) is 9.23. The van der Waals surface area contributed by atoms with Crippen molar-refractivity contribution in [3.8, 4) is 0 Å². The molecule has 1 saturated carbocycles. The number of rotatable bonds is 4. The SMILES string of the molecule is Cn1nc(C(C)(C)C)cc1C(=O)N1CCC2(CC1)CC2CNC(=O)c1cc2c(o1)C=NCC2. The summed E-state index contributed by atoms with van der Waals surface area (Å²) in [6, 6.07) is 3.77. The van der Waals surface area contributed by atoms with E-state index in [2.05, 4.69) is 36.2 Å². The van der Waals surface area contributed by atoms with Crippen molar-refractivity contribution in [1.29, 1.82) is 0 Å². The molecule has 2 aromatic heterocycles. The Kier molecular flexibility index (Phi) is 5.21. The molecule has 2 aliphatic heterocycles. The van der Waals surface area contributed by atoms with Gasteiger partial charge in [-0.15, -0.1) is 0 Å². The molecule has 5 rings (SSSR count). The van der Waals surface area contributed by atoms with Crippen LogP contribution in [0.15, 0.2) is 21.5 Å². The predicted molar refractivity (Wildman–Crippen MR) is 125 cm³/mol. The molecule has 3 aliphatic rings. The highest BCUT2D eigenvalue weighted by Gasteiger charge is 2.55. The van der Waals surface area contributed by atoms with Gasteiger partial charge in [-0.1, -0.05) is 20.8 Å². The molecule has 1 aliphatic carbocycles. The molecular weight excluding hydrogens is 418 g/mol. The predicted octanol–water partition coefficient (Wildman–Crippen LogP) is 2.96. The van der Waals surface area contributed by atoms with Crippen LogP contribution < -0.4 is 5.32 Å². The highest BCUT2D eigenvalue weighted by atomic mass is 16.4. The molecule has 33 heavy (non-hydrogen) atoms. The number of hydrogen-bond acceptors (Lipinski definition) is 5. The van der Waals surface area contributed by atoms with Crippen molar-refractivity contribution >= 4 is 18.0 Å². The molecular formula is C25H33N5O3. The largest absolute Gasteiger partial charge is 0.450 e. The topological polar surface area (TPSA) is 92.7 Å². The molecule has 4 heterocycles. The fourth-order valence-electron chi connectivity index (χ4n) is 5.18. The molecule has 8 nitrogen and oxygen atoms in total. The first-order valence-electron chi connectivity index (χ1n) is 11.9. The number of amides is 2. The Balaban J connectivity index is 1.13. The maximum absolute atomic E-state index is 13.1. The Morgan fingerprint density at radius 3 is 2.67 bits per heavy atom. The second kappa shape index (κ2) is 7.85. The van der Waals surface area contributed by atoms with E-state index in [9.17, 15) is 9.59 Å². The van der Waals surface area contributed by atoms with Crippen LogP contribution in [0.1, 0.15) is 78.1 Å². The Bertz CT molecular complexity index is 1110. The van der Waals surface area contributed by atoms with Gasteiger partial charge < -0.3 is 14.6 Å². The van der Waals surface area contributed by atoms with Crippen LogP contribution in [0.5, 0.6) is 0 Å². The van der Waals surface area contributed by atoms with Crippen molar-refractivity contribution in [1.82, 2.24) is 20.0 Å². The number of carbonyl (C=O) groups is 2. The third kappa shape index (κ3) is 4.11. The van der Waals surface area contributed by atoms with E-state index in [-0.39, 0.29) is 22.6 Å². The summed E-state index contributed by atoms with van der Waals surface area (Å²) in [5.41, 5.74) is 2.81. The maximum atomic E-state index is 13.1. The first kappa shape index (κ1) is 21.9. The summed E-state index contributed by atoms with van der Waals surface area (Å²) < 4.78 is 7.37. The number of aryl methyl sites for hydroxylation is 1. The summed E-state index contributed by atoms with van der Waals surface area (Å²) in [6.07, 6.45) is 5.59. The zero-order valence-electron chi connectivity index (χ0n) is 20.0. The van der Waals surface area contributed by atoms with E-state index in [1.54, 1.807) is 10.9 Å². The van der Waals surface area contributed by atoms with Crippen LogP contribution in [0.3, 0.4) is 0 Å². The molecule has 176 valence electrons. The van der Waals surface area contributed by atoms with Crippen LogP contribution in [0, 0.1) is 11.3 Å². The molecule has 8 heteroatoms. The van der Waals surface area contributed by atoms with Gasteiger partial charge in [0.25, 0.3) is 11.8 Å². The number of hydrogen-bond donors (Lipinski definition) is 1. The second-order valence-electron chi connectivity index (χ2n) is 10.8. The zero-order chi connectivity index (χ0) is 23.4. The first-order valence-corrected chi connectivity index (χ1v) is 11.9. The fourth-order valence-corrected chi connectivity index (χ4v) is 5.18. The number of fused-ring (bicyclic) bond motifs is 1. The molecule has 1 spiro atoms. The standard InChI is InChI=1S/C25H33N5O3/c1-24(2,3)21-12-18(29(4)28-21)23(32)30-9-6-25(7-10-30)13-17(25)14-27-22(31)19-11-16-5-8-26-15-20(16)33-19/h11-12,15,17H,5-10,13-14H2,1-4H3,(H,27,31). The van der Waals surface area contributed by atoms with E-state index in [4.69, 9.17) is 4.42 Å². The van der Waals surface area contributed by atoms with E-state index < -0.39 is 0 Å². The number of nitrogens with zero attached hydrogens (tertiary/aromatic N) is 4. The Morgan fingerprint density at radius 2 is 2.00 bits per heavy atom. The van der Waals surface area contributed by atoms with E-state index in [0.29, 0.717) is 29.7 Å². The lowest BCUT2D eigenvalue weighted by atomic mass is 9.90.